The van der Waals surface area contributed by atoms with Gasteiger partial charge in [-0.15, -0.1) is 0 Å². The van der Waals surface area contributed by atoms with Gasteiger partial charge < -0.3 is 5.11 Å². The van der Waals surface area contributed by atoms with Gasteiger partial charge in [-0.2, -0.15) is 0 Å². The zero-order valence-corrected chi connectivity index (χ0v) is 15.2. The molecular formula is C21H30O3. The van der Waals surface area contributed by atoms with Gasteiger partial charge in [-0.3, -0.25) is 9.59 Å². The summed E-state index contributed by atoms with van der Waals surface area (Å²) >= 11 is 0. The molecule has 0 amide bonds. The second-order valence-electron chi connectivity index (χ2n) is 9.41. The maximum atomic E-state index is 12.2. The van der Waals surface area contributed by atoms with Crippen molar-refractivity contribution >= 4 is 11.6 Å². The number of Topliss-reactive ketones (excluding diaryl/α,β-unsaturated/α-hetero) is 1. The number of carbonyl (C=O) groups is 2. The van der Waals surface area contributed by atoms with Crippen LogP contribution in [0.4, 0.5) is 0 Å². The molecular weight excluding hydrogens is 300 g/mol. The van der Waals surface area contributed by atoms with E-state index < -0.39 is 0 Å². The van der Waals surface area contributed by atoms with Crippen LogP contribution in [0.5, 0.6) is 0 Å². The molecule has 3 nitrogen and oxygen atoms in total. The predicted octanol–water partition coefficient (Wildman–Crippen LogP) is 3.69. The van der Waals surface area contributed by atoms with Gasteiger partial charge in [0.15, 0.2) is 5.78 Å². The first-order valence-electron chi connectivity index (χ1n) is 9.70. The molecule has 0 bridgehead atoms. The number of hydrogen-bond acceptors (Lipinski definition) is 3. The molecule has 0 spiro atoms. The Morgan fingerprint density at radius 2 is 1.96 bits per heavy atom. The Labute approximate surface area is 144 Å². The Morgan fingerprint density at radius 3 is 2.67 bits per heavy atom. The van der Waals surface area contributed by atoms with Gasteiger partial charge >= 0.3 is 0 Å². The van der Waals surface area contributed by atoms with Crippen molar-refractivity contribution in [2.45, 2.75) is 71.8 Å². The van der Waals surface area contributed by atoms with Crippen molar-refractivity contribution in [2.24, 2.45) is 34.5 Å². The van der Waals surface area contributed by atoms with E-state index in [1.54, 1.807) is 6.92 Å². The van der Waals surface area contributed by atoms with Crippen LogP contribution < -0.4 is 0 Å². The number of aliphatic hydroxyl groups excluding tert-OH is 1. The fourth-order valence-corrected chi connectivity index (χ4v) is 7.35. The highest BCUT2D eigenvalue weighted by Gasteiger charge is 2.62. The molecule has 0 saturated heterocycles. The monoisotopic (exact) mass is 330 g/mol. The summed E-state index contributed by atoms with van der Waals surface area (Å²) in [5.41, 5.74) is 1.23. The summed E-state index contributed by atoms with van der Waals surface area (Å²) in [6.45, 7) is 6.27. The number of fused-ring (bicyclic) bond motifs is 5. The summed E-state index contributed by atoms with van der Waals surface area (Å²) in [6, 6.07) is 0. The van der Waals surface area contributed by atoms with Crippen molar-refractivity contribution in [2.75, 3.05) is 0 Å². The SMILES string of the molecule is CC(=O)[C@H]1CCC2[C@@H]3CCC4=CC(=O)CC[C@]4(C)C3[C@@H](O)C[C@@]21C. The molecule has 0 radical (unpaired) electrons. The van der Waals surface area contributed by atoms with Gasteiger partial charge in [0.05, 0.1) is 6.10 Å². The summed E-state index contributed by atoms with van der Waals surface area (Å²) in [4.78, 5) is 24.0. The summed E-state index contributed by atoms with van der Waals surface area (Å²) in [6.07, 6.45) is 7.97. The normalized spacial score (nSPS) is 50.6. The molecule has 2 unspecified atom stereocenters. The number of rotatable bonds is 1. The Bertz CT molecular complexity index is 621. The van der Waals surface area contributed by atoms with Crippen LogP contribution in [0.15, 0.2) is 11.6 Å². The number of allylic oxidation sites excluding steroid dienone is 1. The van der Waals surface area contributed by atoms with E-state index in [-0.39, 0.29) is 34.6 Å². The fourth-order valence-electron chi connectivity index (χ4n) is 7.35. The molecule has 4 aliphatic carbocycles. The van der Waals surface area contributed by atoms with Crippen molar-refractivity contribution in [3.63, 3.8) is 0 Å². The standard InChI is InChI=1S/C21H30O3/c1-12(22)16-6-7-17-15-5-4-13-10-14(23)8-9-20(13,2)19(15)18(24)11-21(16,17)3/h10,15-19,24H,4-9,11H2,1-3H3/t15-,16+,17?,18-,19?,20-,21+/m0/s1. The van der Waals surface area contributed by atoms with Crippen LogP contribution in [0.25, 0.3) is 0 Å². The highest BCUT2D eigenvalue weighted by Crippen LogP contribution is 2.66. The number of ketones is 2. The molecule has 3 fully saturated rings. The second kappa shape index (κ2) is 5.27. The van der Waals surface area contributed by atoms with Gasteiger partial charge in [0.2, 0.25) is 0 Å². The van der Waals surface area contributed by atoms with Crippen LogP contribution in [0, 0.1) is 34.5 Å². The molecule has 0 aromatic rings. The van der Waals surface area contributed by atoms with Crippen molar-refractivity contribution in [3.05, 3.63) is 11.6 Å². The molecule has 132 valence electrons. The third-order valence-corrected chi connectivity index (χ3v) is 8.38. The van der Waals surface area contributed by atoms with Gasteiger partial charge in [-0.1, -0.05) is 19.4 Å². The Kier molecular flexibility index (Phi) is 3.62. The lowest BCUT2D eigenvalue weighted by atomic mass is 9.46. The zero-order valence-electron chi connectivity index (χ0n) is 15.2. The Morgan fingerprint density at radius 1 is 1.21 bits per heavy atom. The average Bonchev–Trinajstić information content (AvgIpc) is 2.84. The molecule has 1 N–H and O–H groups in total. The van der Waals surface area contributed by atoms with E-state index >= 15 is 0 Å². The van der Waals surface area contributed by atoms with E-state index in [1.165, 1.54) is 5.57 Å². The molecule has 0 aliphatic heterocycles. The topological polar surface area (TPSA) is 54.4 Å². The summed E-state index contributed by atoms with van der Waals surface area (Å²) < 4.78 is 0. The van der Waals surface area contributed by atoms with Crippen LogP contribution in [-0.4, -0.2) is 22.8 Å². The first kappa shape index (κ1) is 16.5. The van der Waals surface area contributed by atoms with Crippen LogP contribution in [0.2, 0.25) is 0 Å². The molecule has 3 heteroatoms. The van der Waals surface area contributed by atoms with E-state index in [0.717, 1.165) is 38.5 Å². The molecule has 0 aromatic carbocycles. The minimum atomic E-state index is -0.349. The maximum absolute atomic E-state index is 12.2. The van der Waals surface area contributed by atoms with Crippen LogP contribution in [0.3, 0.4) is 0 Å². The van der Waals surface area contributed by atoms with E-state index in [4.69, 9.17) is 0 Å². The smallest absolute Gasteiger partial charge is 0.155 e. The molecule has 0 aromatic heterocycles. The van der Waals surface area contributed by atoms with Crippen molar-refractivity contribution in [3.8, 4) is 0 Å². The minimum absolute atomic E-state index is 0.0219. The molecule has 7 atom stereocenters. The van der Waals surface area contributed by atoms with E-state index in [2.05, 4.69) is 13.8 Å². The first-order chi connectivity index (χ1) is 11.3. The van der Waals surface area contributed by atoms with Crippen molar-refractivity contribution in [1.29, 1.82) is 0 Å². The van der Waals surface area contributed by atoms with Crippen LogP contribution in [-0.2, 0) is 9.59 Å². The van der Waals surface area contributed by atoms with Crippen LogP contribution in [0.1, 0.15) is 65.7 Å². The maximum Gasteiger partial charge on any atom is 0.155 e. The zero-order chi connectivity index (χ0) is 17.3. The molecule has 0 heterocycles. The van der Waals surface area contributed by atoms with E-state index in [9.17, 15) is 14.7 Å². The average molecular weight is 330 g/mol. The number of aliphatic hydroxyl groups is 1. The van der Waals surface area contributed by atoms with Gasteiger partial charge in [0.1, 0.15) is 5.78 Å². The summed E-state index contributed by atoms with van der Waals surface area (Å²) in [7, 11) is 0. The van der Waals surface area contributed by atoms with Crippen molar-refractivity contribution in [1.82, 2.24) is 0 Å². The van der Waals surface area contributed by atoms with E-state index in [0.29, 0.717) is 24.0 Å². The quantitative estimate of drug-likeness (QED) is 0.797. The molecule has 24 heavy (non-hydrogen) atoms. The number of carbonyl (C=O) groups excluding carboxylic acids is 2. The predicted molar refractivity (Wildman–Crippen MR) is 92.3 cm³/mol. The lowest BCUT2D eigenvalue weighted by Crippen LogP contribution is -2.56. The molecule has 4 aliphatic rings. The molecule has 3 saturated carbocycles. The highest BCUT2D eigenvalue weighted by atomic mass is 16.3. The Hall–Kier alpha value is -0.960. The van der Waals surface area contributed by atoms with Crippen molar-refractivity contribution < 1.29 is 14.7 Å². The van der Waals surface area contributed by atoms with Gasteiger partial charge in [-0.25, -0.2) is 0 Å². The first-order valence-corrected chi connectivity index (χ1v) is 9.70. The minimum Gasteiger partial charge on any atom is -0.393 e. The van der Waals surface area contributed by atoms with Gasteiger partial charge in [0.25, 0.3) is 0 Å². The lowest BCUT2D eigenvalue weighted by Gasteiger charge is -2.59. The number of hydrogen-bond donors (Lipinski definition) is 1. The van der Waals surface area contributed by atoms with Gasteiger partial charge in [0, 0.05) is 12.3 Å². The van der Waals surface area contributed by atoms with Crippen LogP contribution >= 0.6 is 0 Å². The highest BCUT2D eigenvalue weighted by molar-refractivity contribution is 5.91. The van der Waals surface area contributed by atoms with Gasteiger partial charge in [-0.05, 0) is 80.1 Å². The third kappa shape index (κ3) is 2.06. The molecule has 4 rings (SSSR count). The largest absolute Gasteiger partial charge is 0.393 e. The second-order valence-corrected chi connectivity index (χ2v) is 9.41. The van der Waals surface area contributed by atoms with E-state index in [1.807, 2.05) is 6.08 Å². The lowest BCUT2D eigenvalue weighted by molar-refractivity contribution is -0.143. The fraction of sp³-hybridized carbons (Fsp3) is 0.810. The summed E-state index contributed by atoms with van der Waals surface area (Å²) in [5.74, 6) is 1.99. The Balaban J connectivity index is 1.72. The third-order valence-electron chi connectivity index (χ3n) is 8.38. The summed E-state index contributed by atoms with van der Waals surface area (Å²) in [5, 5.41) is 11.2.